The monoisotopic (exact) mass is 316 g/mol. The maximum Gasteiger partial charge on any atom is 0.0602 e. The second-order valence-corrected chi connectivity index (χ2v) is 6.04. The number of rotatable bonds is 2. The molecule has 0 spiro atoms. The molecular formula is C16H17BrN2. The van der Waals surface area contributed by atoms with Crippen LogP contribution < -0.4 is 4.90 Å². The normalized spacial score (nSPS) is 14.3. The Hall–Kier alpha value is -1.35. The number of anilines is 1. The summed E-state index contributed by atoms with van der Waals surface area (Å²) in [6.45, 7) is 4.17. The highest BCUT2D eigenvalue weighted by molar-refractivity contribution is 9.10. The Bertz CT molecular complexity index is 578. The molecule has 3 heteroatoms. The van der Waals surface area contributed by atoms with Gasteiger partial charge in [0.2, 0.25) is 0 Å². The van der Waals surface area contributed by atoms with Crippen molar-refractivity contribution < 1.29 is 0 Å². The number of nitrogens with zero attached hydrogens (tertiary/aromatic N) is 2. The Morgan fingerprint density at radius 2 is 2.16 bits per heavy atom. The molecule has 1 aliphatic rings. The number of aryl methyl sites for hydroxylation is 2. The molecule has 0 radical (unpaired) electrons. The van der Waals surface area contributed by atoms with Crippen molar-refractivity contribution in [1.82, 2.24) is 4.98 Å². The number of aromatic nitrogens is 1. The van der Waals surface area contributed by atoms with Crippen molar-refractivity contribution in [1.29, 1.82) is 0 Å². The number of benzene rings is 1. The van der Waals surface area contributed by atoms with Gasteiger partial charge in [0.15, 0.2) is 0 Å². The number of pyridine rings is 1. The molecule has 0 atom stereocenters. The van der Waals surface area contributed by atoms with Gasteiger partial charge in [0.1, 0.15) is 0 Å². The summed E-state index contributed by atoms with van der Waals surface area (Å²) in [5.41, 5.74) is 5.32. The van der Waals surface area contributed by atoms with Gasteiger partial charge >= 0.3 is 0 Å². The molecule has 0 N–H and O–H groups in total. The van der Waals surface area contributed by atoms with Crippen molar-refractivity contribution in [2.75, 3.05) is 11.4 Å². The smallest absolute Gasteiger partial charge is 0.0602 e. The van der Waals surface area contributed by atoms with Crippen LogP contribution in [0.2, 0.25) is 0 Å². The van der Waals surface area contributed by atoms with E-state index in [-0.39, 0.29) is 0 Å². The summed E-state index contributed by atoms with van der Waals surface area (Å²) in [6.07, 6.45) is 4.30. The lowest BCUT2D eigenvalue weighted by atomic mass is 9.99. The second-order valence-electron chi connectivity index (χ2n) is 5.13. The predicted octanol–water partition coefficient (Wildman–Crippen LogP) is 4.11. The summed E-state index contributed by atoms with van der Waals surface area (Å²) in [5.74, 6) is 0. The SMILES string of the molecule is Cc1ccc2c(c1)CCCN2Cc1ccc(Br)cn1. The molecule has 2 aromatic rings. The van der Waals surface area contributed by atoms with Crippen molar-refractivity contribution in [2.45, 2.75) is 26.3 Å². The van der Waals surface area contributed by atoms with Gasteiger partial charge in [-0.25, -0.2) is 0 Å². The largest absolute Gasteiger partial charge is 0.365 e. The van der Waals surface area contributed by atoms with Crippen LogP contribution in [-0.2, 0) is 13.0 Å². The Morgan fingerprint density at radius 3 is 2.95 bits per heavy atom. The van der Waals surface area contributed by atoms with Crippen LogP contribution in [0.1, 0.15) is 23.2 Å². The molecule has 3 rings (SSSR count). The fraction of sp³-hybridized carbons (Fsp3) is 0.312. The van der Waals surface area contributed by atoms with E-state index in [0.717, 1.165) is 23.3 Å². The second kappa shape index (κ2) is 5.33. The predicted molar refractivity (Wildman–Crippen MR) is 82.5 cm³/mol. The molecule has 2 nitrogen and oxygen atoms in total. The van der Waals surface area contributed by atoms with Gasteiger partial charge in [-0.3, -0.25) is 4.98 Å². The maximum absolute atomic E-state index is 4.47. The van der Waals surface area contributed by atoms with Gasteiger partial charge in [-0.05, 0) is 59.5 Å². The van der Waals surface area contributed by atoms with Gasteiger partial charge in [-0.2, -0.15) is 0 Å². The molecule has 0 unspecified atom stereocenters. The van der Waals surface area contributed by atoms with E-state index >= 15 is 0 Å². The molecule has 1 aromatic heterocycles. The first-order valence-corrected chi connectivity index (χ1v) is 7.46. The molecule has 0 saturated heterocycles. The Labute approximate surface area is 122 Å². The first kappa shape index (κ1) is 12.7. The molecule has 0 saturated carbocycles. The third kappa shape index (κ3) is 2.81. The first-order chi connectivity index (χ1) is 9.22. The molecule has 0 amide bonds. The van der Waals surface area contributed by atoms with E-state index in [1.54, 1.807) is 0 Å². The summed E-state index contributed by atoms with van der Waals surface area (Å²) in [6, 6.07) is 10.9. The minimum atomic E-state index is 0.892. The van der Waals surface area contributed by atoms with Crippen LogP contribution in [0.3, 0.4) is 0 Å². The lowest BCUT2D eigenvalue weighted by Gasteiger charge is -2.31. The van der Waals surface area contributed by atoms with Crippen LogP contribution in [0.5, 0.6) is 0 Å². The third-order valence-corrected chi connectivity index (χ3v) is 4.06. The molecule has 0 bridgehead atoms. The summed E-state index contributed by atoms with van der Waals surface area (Å²) in [5, 5.41) is 0. The summed E-state index contributed by atoms with van der Waals surface area (Å²) in [4.78, 5) is 6.91. The lowest BCUT2D eigenvalue weighted by Crippen LogP contribution is -2.29. The van der Waals surface area contributed by atoms with E-state index in [9.17, 15) is 0 Å². The molecule has 1 aliphatic heterocycles. The van der Waals surface area contributed by atoms with Gasteiger partial charge in [0.05, 0.1) is 12.2 Å². The summed E-state index contributed by atoms with van der Waals surface area (Å²) < 4.78 is 1.03. The third-order valence-electron chi connectivity index (χ3n) is 3.59. The van der Waals surface area contributed by atoms with E-state index in [2.05, 4.69) is 63.1 Å². The van der Waals surface area contributed by atoms with E-state index in [0.29, 0.717) is 0 Å². The Kier molecular flexibility index (Phi) is 3.56. The Morgan fingerprint density at radius 1 is 1.26 bits per heavy atom. The topological polar surface area (TPSA) is 16.1 Å². The van der Waals surface area contributed by atoms with Crippen LogP contribution in [0.15, 0.2) is 41.0 Å². The van der Waals surface area contributed by atoms with Crippen molar-refractivity contribution >= 4 is 21.6 Å². The highest BCUT2D eigenvalue weighted by atomic mass is 79.9. The van der Waals surface area contributed by atoms with Crippen LogP contribution >= 0.6 is 15.9 Å². The van der Waals surface area contributed by atoms with Gasteiger partial charge in [-0.1, -0.05) is 17.7 Å². The van der Waals surface area contributed by atoms with Gasteiger partial charge < -0.3 is 4.90 Å². The van der Waals surface area contributed by atoms with Gasteiger partial charge in [0, 0.05) is 22.9 Å². The van der Waals surface area contributed by atoms with E-state index < -0.39 is 0 Å². The van der Waals surface area contributed by atoms with Crippen molar-refractivity contribution in [2.24, 2.45) is 0 Å². The first-order valence-electron chi connectivity index (χ1n) is 6.67. The minimum absolute atomic E-state index is 0.892. The molecule has 0 aliphatic carbocycles. The fourth-order valence-electron chi connectivity index (χ4n) is 2.66. The van der Waals surface area contributed by atoms with E-state index in [1.807, 2.05) is 6.20 Å². The molecule has 19 heavy (non-hydrogen) atoms. The van der Waals surface area contributed by atoms with Gasteiger partial charge in [-0.15, -0.1) is 0 Å². The van der Waals surface area contributed by atoms with Crippen LogP contribution in [0.4, 0.5) is 5.69 Å². The van der Waals surface area contributed by atoms with Crippen molar-refractivity contribution in [3.05, 3.63) is 57.8 Å². The Balaban J connectivity index is 1.85. The zero-order valence-electron chi connectivity index (χ0n) is 11.1. The van der Waals surface area contributed by atoms with Gasteiger partial charge in [0.25, 0.3) is 0 Å². The highest BCUT2D eigenvalue weighted by Crippen LogP contribution is 2.29. The highest BCUT2D eigenvalue weighted by Gasteiger charge is 2.17. The lowest BCUT2D eigenvalue weighted by molar-refractivity contribution is 0.683. The fourth-order valence-corrected chi connectivity index (χ4v) is 2.90. The maximum atomic E-state index is 4.47. The average molecular weight is 317 g/mol. The number of halogens is 1. The van der Waals surface area contributed by atoms with Crippen LogP contribution in [-0.4, -0.2) is 11.5 Å². The van der Waals surface area contributed by atoms with Crippen LogP contribution in [0.25, 0.3) is 0 Å². The zero-order chi connectivity index (χ0) is 13.2. The molecule has 1 aromatic carbocycles. The number of hydrogen-bond acceptors (Lipinski definition) is 2. The minimum Gasteiger partial charge on any atom is -0.365 e. The molecule has 0 fully saturated rings. The number of hydrogen-bond donors (Lipinski definition) is 0. The van der Waals surface area contributed by atoms with E-state index in [4.69, 9.17) is 0 Å². The molecule has 2 heterocycles. The standard InChI is InChI=1S/C16H17BrN2/c1-12-4-7-16-13(9-12)3-2-8-19(16)11-15-6-5-14(17)10-18-15/h4-7,9-10H,2-3,8,11H2,1H3. The molecule has 98 valence electrons. The zero-order valence-corrected chi connectivity index (χ0v) is 12.7. The van der Waals surface area contributed by atoms with Crippen molar-refractivity contribution in [3.63, 3.8) is 0 Å². The van der Waals surface area contributed by atoms with Crippen LogP contribution in [0, 0.1) is 6.92 Å². The average Bonchev–Trinajstić information content (AvgIpc) is 2.41. The summed E-state index contributed by atoms with van der Waals surface area (Å²) in [7, 11) is 0. The summed E-state index contributed by atoms with van der Waals surface area (Å²) >= 11 is 3.43. The van der Waals surface area contributed by atoms with Crippen molar-refractivity contribution in [3.8, 4) is 0 Å². The van der Waals surface area contributed by atoms with E-state index in [1.165, 1.54) is 29.7 Å². The number of fused-ring (bicyclic) bond motifs is 1. The molecular weight excluding hydrogens is 300 g/mol. The quantitative estimate of drug-likeness (QED) is 0.829.